The largest absolute Gasteiger partial charge is 0.375 e. The molecule has 836 valence electrons. The van der Waals surface area contributed by atoms with Gasteiger partial charge >= 0.3 is 0 Å². The van der Waals surface area contributed by atoms with E-state index >= 15 is 0 Å². The lowest BCUT2D eigenvalue weighted by atomic mass is 9.90. The highest BCUT2D eigenvalue weighted by atomic mass is 15.3. The predicted octanol–water partition coefficient (Wildman–Crippen LogP) is 30.3. The third-order valence-corrected chi connectivity index (χ3v) is 31.4. The van der Waals surface area contributed by atoms with Crippen LogP contribution < -0.4 is 0 Å². The van der Waals surface area contributed by atoms with Crippen LogP contribution in [0.1, 0.15) is 407 Å². The topological polar surface area (TPSA) is 48.6 Å². The molecule has 0 N–H and O–H groups in total. The Labute approximate surface area is 895 Å². The minimum Gasteiger partial charge on any atom is -0.375 e. The third kappa shape index (κ3) is 59.1. The molecular weight excluding hydrogens is 1750 g/mol. The summed E-state index contributed by atoms with van der Waals surface area (Å²) in [5, 5.41) is 0. The van der Waals surface area contributed by atoms with Crippen LogP contribution in [0, 0.1) is 53.3 Å². The second-order valence-corrected chi connectivity index (χ2v) is 49.8. The van der Waals surface area contributed by atoms with Crippen LogP contribution in [0.3, 0.4) is 0 Å². The molecule has 0 aromatic rings. The van der Waals surface area contributed by atoms with Crippen molar-refractivity contribution >= 4 is 0 Å². The minimum absolute atomic E-state index is 0.535. The van der Waals surface area contributed by atoms with Gasteiger partial charge in [0, 0.05) is 232 Å². The van der Waals surface area contributed by atoms with E-state index in [9.17, 15) is 0 Å². The van der Waals surface area contributed by atoms with Crippen molar-refractivity contribution in [1.82, 2.24) is 73.5 Å². The monoisotopic (exact) mass is 2000 g/mol. The molecule has 0 aromatic heterocycles. The van der Waals surface area contributed by atoms with Crippen LogP contribution in [-0.2, 0) is 0 Å². The Balaban J connectivity index is 0.000000786. The van der Waals surface area contributed by atoms with Gasteiger partial charge in [-0.1, -0.05) is 176 Å². The molecule has 0 spiro atoms. The minimum atomic E-state index is 0.535. The zero-order valence-electron chi connectivity index (χ0n) is 104. The van der Waals surface area contributed by atoms with Gasteiger partial charge in [0.1, 0.15) is 0 Å². The summed E-state index contributed by atoms with van der Waals surface area (Å²) in [7, 11) is 0. The van der Waals surface area contributed by atoms with Gasteiger partial charge < -0.3 is 39.2 Å². The molecule has 3 unspecified atom stereocenters. The molecule has 0 radical (unpaired) electrons. The quantitative estimate of drug-likeness (QED) is 0.0967. The van der Waals surface area contributed by atoms with Gasteiger partial charge in [-0.3, -0.25) is 34.3 Å². The second kappa shape index (κ2) is 76.9. The summed E-state index contributed by atoms with van der Waals surface area (Å²) < 4.78 is 0. The van der Waals surface area contributed by atoms with Gasteiger partial charge in [0.05, 0.1) is 0 Å². The maximum atomic E-state index is 2.71. The predicted molar refractivity (Wildman–Crippen MR) is 642 cm³/mol. The summed E-state index contributed by atoms with van der Waals surface area (Å²) in [4.78, 5) is 37.4. The van der Waals surface area contributed by atoms with Gasteiger partial charge in [-0.25, -0.2) is 0 Å². The highest BCUT2D eigenvalue weighted by Gasteiger charge is 2.28. The fourth-order valence-electron chi connectivity index (χ4n) is 20.3. The molecule has 15 heteroatoms. The first-order valence-corrected chi connectivity index (χ1v) is 60.0. The lowest BCUT2D eigenvalue weighted by Gasteiger charge is -2.36. The normalized spacial score (nSPS) is 21.4. The Morgan fingerprint density at radius 1 is 0.252 bits per heavy atom. The van der Waals surface area contributed by atoms with E-state index in [1.54, 1.807) is 16.8 Å². The average molecular weight is 2000 g/mol. The van der Waals surface area contributed by atoms with E-state index in [0.29, 0.717) is 96.4 Å². The van der Waals surface area contributed by atoms with Crippen LogP contribution in [0.2, 0.25) is 0 Å². The van der Waals surface area contributed by atoms with Crippen LogP contribution >= 0.6 is 0 Å². The highest BCUT2D eigenvalue weighted by molar-refractivity contribution is 5.28. The summed E-state index contributed by atoms with van der Waals surface area (Å²) in [5.74, 6) is 6.90. The molecule has 11 rings (SSSR count). The van der Waals surface area contributed by atoms with Gasteiger partial charge in [0.25, 0.3) is 0 Å². The lowest BCUT2D eigenvalue weighted by Crippen LogP contribution is -2.42. The van der Waals surface area contributed by atoms with E-state index < -0.39 is 0 Å². The highest BCUT2D eigenvalue weighted by Crippen LogP contribution is 2.30. The Bertz CT molecular complexity index is 3250. The third-order valence-electron chi connectivity index (χ3n) is 31.4. The molecule has 3 atom stereocenters. The standard InChI is InChI=1S/4C12H23N.C12H19N.C12H25N.C12H23N.C11H24N2.3C11H22N2/c5*1-10(2)12-6-5-8-13(9-7-12)11(3)4;2*1-10(2)12-8-6-5-7-9-13(12)11(3)4;4*1-10(2)12-6-5-7-13(9-8-12)11(3)4/h7,10-11H,5-6,8-9H2,1-4H3;6,10-11H,5,7-9H2,1-4H3;5,8,10-12H,6-7,9H2,1-4H3;5-6,10-12H,7-9H2,1-4H3;5-11H,1-4H3;10-12H,5-9H2,1-4H3;8,10-11H,5-7,9H2,1-4H3;10-11H,5-9H2,1-4H3;8-11H,5-7H2,1-4H3;2*5-6,10-11H,7-9H2,1-4H3. The van der Waals surface area contributed by atoms with E-state index in [4.69, 9.17) is 0 Å². The van der Waals surface area contributed by atoms with Crippen molar-refractivity contribution in [3.05, 3.63) is 133 Å². The number of hydrogen-bond donors (Lipinski definition) is 0. The Kier molecular flexibility index (Phi) is 73.3. The number of hydrogen-bond acceptors (Lipinski definition) is 15. The molecule has 0 aliphatic carbocycles. The Morgan fingerprint density at radius 3 is 1.14 bits per heavy atom. The fourth-order valence-corrected chi connectivity index (χ4v) is 20.3. The van der Waals surface area contributed by atoms with Crippen molar-refractivity contribution in [2.24, 2.45) is 53.3 Å². The first kappa shape index (κ1) is 136. The summed E-state index contributed by atoms with van der Waals surface area (Å²) in [6.45, 7) is 126. The Morgan fingerprint density at radius 2 is 0.692 bits per heavy atom. The van der Waals surface area contributed by atoms with Gasteiger partial charge in [-0.15, -0.1) is 0 Å². The van der Waals surface area contributed by atoms with Crippen molar-refractivity contribution in [1.29, 1.82) is 0 Å². The van der Waals surface area contributed by atoms with E-state index in [1.807, 2.05) is 0 Å². The van der Waals surface area contributed by atoms with Crippen LogP contribution in [-0.4, -0.2) is 308 Å². The van der Waals surface area contributed by atoms with E-state index in [1.165, 1.54) is 206 Å². The molecule has 0 aromatic carbocycles. The molecule has 11 aliphatic rings. The van der Waals surface area contributed by atoms with Gasteiger partial charge in [0.15, 0.2) is 0 Å². The smallest absolute Gasteiger partial charge is 0.0303 e. The zero-order chi connectivity index (χ0) is 108. The summed E-state index contributed by atoms with van der Waals surface area (Å²) in [6.07, 6.45) is 62.4. The fraction of sp³-hybridized carbons (Fsp3) is 0.828. The van der Waals surface area contributed by atoms with Crippen molar-refractivity contribution < 1.29 is 0 Å². The average Bonchev–Trinajstić information content (AvgIpc) is 1.83. The number of likely N-dealkylation sites (tertiary alicyclic amines) is 1. The number of rotatable bonds is 22. The zero-order valence-corrected chi connectivity index (χ0v) is 104. The van der Waals surface area contributed by atoms with Crippen molar-refractivity contribution in [3.8, 4) is 0 Å². The molecule has 0 bridgehead atoms. The first-order chi connectivity index (χ1) is 67.2. The molecule has 11 aliphatic heterocycles. The van der Waals surface area contributed by atoms with Crippen LogP contribution in [0.25, 0.3) is 0 Å². The molecule has 2 saturated heterocycles. The summed E-state index contributed by atoms with van der Waals surface area (Å²) in [5.41, 5.74) is 6.26. The molecule has 2 fully saturated rings. The summed E-state index contributed by atoms with van der Waals surface area (Å²) >= 11 is 0. The summed E-state index contributed by atoms with van der Waals surface area (Å²) in [6, 6.07) is 10.8. The number of nitrogens with zero attached hydrogens (tertiary/aromatic N) is 15. The van der Waals surface area contributed by atoms with E-state index in [2.05, 4.69) is 488 Å². The van der Waals surface area contributed by atoms with E-state index in [-0.39, 0.29) is 0 Å². The molecule has 0 saturated carbocycles. The van der Waals surface area contributed by atoms with Crippen LogP contribution in [0.15, 0.2) is 133 Å². The number of allylic oxidation sites excluding steroid dienone is 9. The van der Waals surface area contributed by atoms with Gasteiger partial charge in [-0.2, -0.15) is 0 Å². The maximum absolute atomic E-state index is 2.71. The molecule has 143 heavy (non-hydrogen) atoms. The molecular formula is C128H249N15. The van der Waals surface area contributed by atoms with Crippen molar-refractivity contribution in [2.75, 3.05) is 137 Å². The van der Waals surface area contributed by atoms with E-state index in [0.717, 1.165) is 92.8 Å². The van der Waals surface area contributed by atoms with Gasteiger partial charge in [-0.05, 0) is 420 Å². The lowest BCUT2D eigenvalue weighted by molar-refractivity contribution is 0.121. The second-order valence-electron chi connectivity index (χ2n) is 49.8. The Hall–Kier alpha value is -4.58. The van der Waals surface area contributed by atoms with Gasteiger partial charge in [0.2, 0.25) is 0 Å². The maximum Gasteiger partial charge on any atom is 0.0303 e. The molecule has 11 heterocycles. The molecule has 0 amide bonds. The van der Waals surface area contributed by atoms with Crippen molar-refractivity contribution in [2.45, 2.75) is 504 Å². The van der Waals surface area contributed by atoms with Crippen molar-refractivity contribution in [3.63, 3.8) is 0 Å². The van der Waals surface area contributed by atoms with Crippen LogP contribution in [0.4, 0.5) is 0 Å². The first-order valence-electron chi connectivity index (χ1n) is 60.0. The van der Waals surface area contributed by atoms with Crippen LogP contribution in [0.5, 0.6) is 0 Å². The SMILES string of the molecule is CC(C)C1=CC=CN(C(C)C)C=C1.CC(C)C1=CCCCCN1C(C)C.CC(C)C1=CCCN(C(C)C)CC1.CC(C)C1=CCN(C(C)C)CCC1.CC(C)C1C=CCN(C(C)C)CC1.CC(C)C1CC=CN(C(C)C)CC1.CC(C)C1CCCCCN1C(C)C.CC(C)N1C=CCN(C(C)C)CC1.CC(C)N1C=CCN(C(C)C)CC1.CC(C)N1C=CN(C(C)C)CCC1.CC(C)N1CCCN(C(C)C)CC1. The molecule has 15 nitrogen and oxygen atoms in total.